The number of rotatable bonds is 4. The fourth-order valence-corrected chi connectivity index (χ4v) is 3.22. The molecule has 1 aromatic heterocycles. The molecule has 1 heterocycles. The third-order valence-corrected chi connectivity index (χ3v) is 4.78. The molecule has 0 unspecified atom stereocenters. The first-order valence-corrected chi connectivity index (χ1v) is 9.11. The van der Waals surface area contributed by atoms with E-state index in [0.29, 0.717) is 0 Å². The van der Waals surface area contributed by atoms with Crippen molar-refractivity contribution in [3.8, 4) is 22.4 Å². The Hall–Kier alpha value is -2.68. The molecule has 0 N–H and O–H groups in total. The average molecular weight is 385 g/mol. The lowest BCUT2D eigenvalue weighted by atomic mass is 9.99. The maximum atomic E-state index is 14.2. The van der Waals surface area contributed by atoms with Crippen LogP contribution in [0, 0.1) is 11.6 Å². The summed E-state index contributed by atoms with van der Waals surface area (Å²) in [5.74, 6) is -2.41. The normalized spacial score (nSPS) is 11.9. The van der Waals surface area contributed by atoms with Crippen molar-refractivity contribution in [2.75, 3.05) is 6.26 Å². The van der Waals surface area contributed by atoms with Crippen LogP contribution in [-0.4, -0.2) is 19.8 Å². The number of sulfone groups is 1. The predicted octanol–water partition coefficient (Wildman–Crippen LogP) is 4.63. The number of hydrogen-bond donors (Lipinski definition) is 0. The molecule has 0 aliphatic heterocycles. The van der Waals surface area contributed by atoms with E-state index in [1.54, 1.807) is 0 Å². The lowest BCUT2D eigenvalue weighted by molar-refractivity contribution is 0.113. The summed E-state index contributed by atoms with van der Waals surface area (Å²) < 4.78 is 81.6. The number of nitrogens with zero attached hydrogens (tertiary/aromatic N) is 1. The molecule has 3 rings (SSSR count). The molecule has 2 aromatic carbocycles. The summed E-state index contributed by atoms with van der Waals surface area (Å²) in [6.07, 6.45) is -2.21. The highest BCUT2D eigenvalue weighted by Gasteiger charge is 2.27. The Balaban J connectivity index is 2.22. The topological polar surface area (TPSA) is 60.2 Å². The molecule has 0 atom stereocenters. The highest BCUT2D eigenvalue weighted by Crippen LogP contribution is 2.39. The summed E-state index contributed by atoms with van der Waals surface area (Å²) in [5.41, 5.74) is 0.0211. The minimum Gasteiger partial charge on any atom is -0.354 e. The molecular formula is C17H11F4NO3S. The van der Waals surface area contributed by atoms with Crippen LogP contribution in [-0.2, 0) is 9.84 Å². The quantitative estimate of drug-likeness (QED) is 0.615. The minimum atomic E-state index is -3.82. The molecule has 136 valence electrons. The smallest absolute Gasteiger partial charge is 0.298 e. The number of hydrogen-bond acceptors (Lipinski definition) is 4. The van der Waals surface area contributed by atoms with Crippen molar-refractivity contribution >= 4 is 9.84 Å². The van der Waals surface area contributed by atoms with Crippen LogP contribution in [0.2, 0.25) is 0 Å². The van der Waals surface area contributed by atoms with Crippen LogP contribution < -0.4 is 0 Å². The van der Waals surface area contributed by atoms with Gasteiger partial charge in [-0.15, -0.1) is 0 Å². The SMILES string of the molecule is CS(=O)(=O)c1ccc(-c2c(-c3ccc(F)cc3)noc2C(F)F)cc1F. The van der Waals surface area contributed by atoms with Gasteiger partial charge in [0.25, 0.3) is 6.43 Å². The van der Waals surface area contributed by atoms with Crippen LogP contribution >= 0.6 is 0 Å². The van der Waals surface area contributed by atoms with Crippen molar-refractivity contribution in [3.63, 3.8) is 0 Å². The highest BCUT2D eigenvalue weighted by atomic mass is 32.2. The molecule has 0 aliphatic carbocycles. The van der Waals surface area contributed by atoms with Crippen LogP contribution in [0.15, 0.2) is 51.9 Å². The zero-order valence-electron chi connectivity index (χ0n) is 13.2. The van der Waals surface area contributed by atoms with Crippen LogP contribution in [0.3, 0.4) is 0 Å². The van der Waals surface area contributed by atoms with Gasteiger partial charge in [0.2, 0.25) is 5.76 Å². The van der Waals surface area contributed by atoms with E-state index in [1.165, 1.54) is 18.2 Å². The van der Waals surface area contributed by atoms with Gasteiger partial charge in [-0.05, 0) is 42.0 Å². The highest BCUT2D eigenvalue weighted by molar-refractivity contribution is 7.90. The van der Waals surface area contributed by atoms with Crippen molar-refractivity contribution in [1.82, 2.24) is 5.16 Å². The summed E-state index contributed by atoms with van der Waals surface area (Å²) in [5, 5.41) is 3.60. The van der Waals surface area contributed by atoms with Crippen LogP contribution in [0.5, 0.6) is 0 Å². The molecule has 0 aliphatic rings. The lowest BCUT2D eigenvalue weighted by Gasteiger charge is -2.07. The Morgan fingerprint density at radius 2 is 1.62 bits per heavy atom. The van der Waals surface area contributed by atoms with E-state index >= 15 is 0 Å². The molecular weight excluding hydrogens is 374 g/mol. The average Bonchev–Trinajstić information content (AvgIpc) is 2.99. The summed E-state index contributed by atoms with van der Waals surface area (Å²) in [6.45, 7) is 0. The lowest BCUT2D eigenvalue weighted by Crippen LogP contribution is -2.01. The number of aromatic nitrogens is 1. The van der Waals surface area contributed by atoms with Gasteiger partial charge in [0, 0.05) is 11.8 Å². The Morgan fingerprint density at radius 3 is 2.15 bits per heavy atom. The van der Waals surface area contributed by atoms with Gasteiger partial charge in [-0.3, -0.25) is 0 Å². The predicted molar refractivity (Wildman–Crippen MR) is 85.4 cm³/mol. The second kappa shape index (κ2) is 6.56. The molecule has 26 heavy (non-hydrogen) atoms. The summed E-state index contributed by atoms with van der Waals surface area (Å²) in [7, 11) is -3.82. The molecule has 0 fully saturated rings. The molecule has 3 aromatic rings. The Kier molecular flexibility index (Phi) is 4.57. The molecule has 0 amide bonds. The van der Waals surface area contributed by atoms with Gasteiger partial charge < -0.3 is 4.52 Å². The molecule has 9 heteroatoms. The van der Waals surface area contributed by atoms with E-state index < -0.39 is 38.6 Å². The zero-order chi connectivity index (χ0) is 19.1. The first-order chi connectivity index (χ1) is 12.2. The van der Waals surface area contributed by atoms with Gasteiger partial charge in [0.1, 0.15) is 22.2 Å². The first kappa shape index (κ1) is 18.1. The van der Waals surface area contributed by atoms with E-state index in [2.05, 4.69) is 5.16 Å². The van der Waals surface area contributed by atoms with Crippen molar-refractivity contribution in [2.45, 2.75) is 11.3 Å². The second-order valence-electron chi connectivity index (χ2n) is 5.50. The fourth-order valence-electron chi connectivity index (χ4n) is 2.49. The van der Waals surface area contributed by atoms with E-state index in [1.807, 2.05) is 0 Å². The van der Waals surface area contributed by atoms with E-state index in [0.717, 1.165) is 30.5 Å². The Morgan fingerprint density at radius 1 is 1.00 bits per heavy atom. The Labute approximate surface area is 146 Å². The number of halogens is 4. The summed E-state index contributed by atoms with van der Waals surface area (Å²) >= 11 is 0. The summed E-state index contributed by atoms with van der Waals surface area (Å²) in [6, 6.07) is 7.84. The fraction of sp³-hybridized carbons (Fsp3) is 0.118. The maximum absolute atomic E-state index is 14.2. The van der Waals surface area contributed by atoms with Crippen molar-refractivity contribution in [3.05, 3.63) is 59.9 Å². The van der Waals surface area contributed by atoms with Crippen LogP contribution in [0.1, 0.15) is 12.2 Å². The van der Waals surface area contributed by atoms with E-state index in [4.69, 9.17) is 4.52 Å². The third-order valence-electron chi connectivity index (χ3n) is 3.65. The molecule has 0 saturated heterocycles. The maximum Gasteiger partial charge on any atom is 0.298 e. The summed E-state index contributed by atoms with van der Waals surface area (Å²) in [4.78, 5) is -0.556. The largest absolute Gasteiger partial charge is 0.354 e. The molecule has 0 spiro atoms. The van der Waals surface area contributed by atoms with Crippen molar-refractivity contribution in [2.24, 2.45) is 0 Å². The molecule has 4 nitrogen and oxygen atoms in total. The molecule has 0 radical (unpaired) electrons. The molecule has 0 saturated carbocycles. The van der Waals surface area contributed by atoms with Crippen LogP contribution in [0.4, 0.5) is 17.6 Å². The number of alkyl halides is 2. The van der Waals surface area contributed by atoms with Gasteiger partial charge in [-0.25, -0.2) is 26.0 Å². The van der Waals surface area contributed by atoms with Gasteiger partial charge in [0.15, 0.2) is 9.84 Å². The standard InChI is InChI=1S/C17H11F4NO3S/c1-26(23,24)13-7-4-10(8-12(13)19)14-15(22-25-16(14)17(20)21)9-2-5-11(18)6-3-9/h2-8,17H,1H3. The zero-order valence-corrected chi connectivity index (χ0v) is 14.0. The Bertz CT molecular complexity index is 1060. The van der Waals surface area contributed by atoms with Crippen molar-refractivity contribution < 1.29 is 30.5 Å². The van der Waals surface area contributed by atoms with Gasteiger partial charge >= 0.3 is 0 Å². The monoisotopic (exact) mass is 385 g/mol. The minimum absolute atomic E-state index is 0.0354. The van der Waals surface area contributed by atoms with E-state index in [-0.39, 0.29) is 22.4 Å². The number of benzene rings is 2. The van der Waals surface area contributed by atoms with Gasteiger partial charge in [0.05, 0.1) is 5.56 Å². The van der Waals surface area contributed by atoms with Gasteiger partial charge in [-0.1, -0.05) is 11.2 Å². The van der Waals surface area contributed by atoms with Gasteiger partial charge in [-0.2, -0.15) is 0 Å². The first-order valence-electron chi connectivity index (χ1n) is 7.22. The third kappa shape index (κ3) is 3.34. The second-order valence-corrected chi connectivity index (χ2v) is 7.48. The molecule has 0 bridgehead atoms. The van der Waals surface area contributed by atoms with E-state index in [9.17, 15) is 26.0 Å². The van der Waals surface area contributed by atoms with Crippen LogP contribution in [0.25, 0.3) is 22.4 Å². The van der Waals surface area contributed by atoms with Crippen molar-refractivity contribution in [1.29, 1.82) is 0 Å².